The van der Waals surface area contributed by atoms with Gasteiger partial charge in [0.15, 0.2) is 0 Å². The molecule has 1 N–H and O–H groups in total. The Morgan fingerprint density at radius 1 is 1.47 bits per heavy atom. The zero-order valence-electron chi connectivity index (χ0n) is 10.2. The Labute approximate surface area is 106 Å². The van der Waals surface area contributed by atoms with Crippen LogP contribution < -0.4 is 0 Å². The van der Waals surface area contributed by atoms with Crippen LogP contribution in [0, 0.1) is 5.92 Å². The SMILES string of the molecule is CC(C)SCC1(c2ccccc2)CC1C(=O)O. The minimum absolute atomic E-state index is 0.123. The molecule has 1 aromatic carbocycles. The van der Waals surface area contributed by atoms with Gasteiger partial charge in [-0.1, -0.05) is 44.2 Å². The van der Waals surface area contributed by atoms with Crippen molar-refractivity contribution >= 4 is 17.7 Å². The van der Waals surface area contributed by atoms with Crippen LogP contribution in [-0.2, 0) is 10.2 Å². The van der Waals surface area contributed by atoms with Gasteiger partial charge in [-0.15, -0.1) is 0 Å². The molecule has 0 radical (unpaired) electrons. The predicted molar refractivity (Wildman–Crippen MR) is 71.5 cm³/mol. The molecular formula is C14H18O2S. The summed E-state index contributed by atoms with van der Waals surface area (Å²) < 4.78 is 0. The summed E-state index contributed by atoms with van der Waals surface area (Å²) in [5, 5.41) is 9.75. The largest absolute Gasteiger partial charge is 0.481 e. The van der Waals surface area contributed by atoms with Crippen LogP contribution in [0.1, 0.15) is 25.8 Å². The molecule has 1 fully saturated rings. The molecule has 0 amide bonds. The van der Waals surface area contributed by atoms with Crippen molar-refractivity contribution < 1.29 is 9.90 Å². The summed E-state index contributed by atoms with van der Waals surface area (Å²) >= 11 is 1.85. The van der Waals surface area contributed by atoms with Crippen LogP contribution >= 0.6 is 11.8 Å². The second-order valence-corrected chi connectivity index (χ2v) is 6.54. The highest BCUT2D eigenvalue weighted by Gasteiger charge is 2.59. The molecular weight excluding hydrogens is 232 g/mol. The van der Waals surface area contributed by atoms with Gasteiger partial charge < -0.3 is 5.11 Å². The van der Waals surface area contributed by atoms with Crippen molar-refractivity contribution in [2.24, 2.45) is 5.92 Å². The molecule has 2 rings (SSSR count). The van der Waals surface area contributed by atoms with E-state index in [9.17, 15) is 9.90 Å². The van der Waals surface area contributed by atoms with Crippen molar-refractivity contribution in [2.45, 2.75) is 30.9 Å². The average Bonchev–Trinajstić information content (AvgIpc) is 3.04. The van der Waals surface area contributed by atoms with Gasteiger partial charge in [0.1, 0.15) is 0 Å². The van der Waals surface area contributed by atoms with E-state index in [2.05, 4.69) is 26.0 Å². The zero-order valence-corrected chi connectivity index (χ0v) is 11.0. The maximum atomic E-state index is 11.2. The van der Waals surface area contributed by atoms with Crippen molar-refractivity contribution in [1.29, 1.82) is 0 Å². The summed E-state index contributed by atoms with van der Waals surface area (Å²) in [5.41, 5.74) is 1.06. The highest BCUT2D eigenvalue weighted by molar-refractivity contribution is 7.99. The molecule has 0 bridgehead atoms. The molecule has 0 spiro atoms. The summed E-state index contributed by atoms with van der Waals surface area (Å²) in [4.78, 5) is 11.2. The Kier molecular flexibility index (Phi) is 3.48. The summed E-state index contributed by atoms with van der Waals surface area (Å²) in [7, 11) is 0. The second kappa shape index (κ2) is 4.73. The van der Waals surface area contributed by atoms with Crippen LogP contribution in [0.3, 0.4) is 0 Å². The van der Waals surface area contributed by atoms with E-state index in [0.717, 1.165) is 12.2 Å². The predicted octanol–water partition coefficient (Wildman–Crippen LogP) is 3.17. The van der Waals surface area contributed by atoms with Crippen molar-refractivity contribution in [2.75, 3.05) is 5.75 Å². The van der Waals surface area contributed by atoms with Gasteiger partial charge in [-0.3, -0.25) is 4.79 Å². The van der Waals surface area contributed by atoms with Crippen molar-refractivity contribution in [3.05, 3.63) is 35.9 Å². The van der Waals surface area contributed by atoms with E-state index in [1.807, 2.05) is 30.0 Å². The third-order valence-electron chi connectivity index (χ3n) is 3.40. The van der Waals surface area contributed by atoms with Gasteiger partial charge in [0, 0.05) is 11.2 Å². The molecule has 0 saturated heterocycles. The van der Waals surface area contributed by atoms with Gasteiger partial charge in [-0.25, -0.2) is 0 Å². The van der Waals surface area contributed by atoms with E-state index in [1.165, 1.54) is 5.56 Å². The Morgan fingerprint density at radius 3 is 2.59 bits per heavy atom. The van der Waals surface area contributed by atoms with Crippen molar-refractivity contribution in [3.8, 4) is 0 Å². The number of thioether (sulfide) groups is 1. The van der Waals surface area contributed by atoms with Crippen LogP contribution in [0.2, 0.25) is 0 Å². The van der Waals surface area contributed by atoms with Crippen LogP contribution in [-0.4, -0.2) is 22.1 Å². The molecule has 2 unspecified atom stereocenters. The zero-order chi connectivity index (χ0) is 12.5. The Bertz CT molecular complexity index is 402. The molecule has 1 aliphatic rings. The fourth-order valence-corrected chi connectivity index (χ4v) is 3.39. The van der Waals surface area contributed by atoms with Gasteiger partial charge in [0.05, 0.1) is 5.92 Å². The molecule has 0 aromatic heterocycles. The maximum absolute atomic E-state index is 11.2. The number of hydrogen-bond donors (Lipinski definition) is 1. The molecule has 0 heterocycles. The van der Waals surface area contributed by atoms with Crippen LogP contribution in [0.4, 0.5) is 0 Å². The highest BCUT2D eigenvalue weighted by Crippen LogP contribution is 2.56. The molecule has 1 aromatic rings. The van der Waals surface area contributed by atoms with E-state index in [4.69, 9.17) is 0 Å². The van der Waals surface area contributed by atoms with E-state index >= 15 is 0 Å². The van der Waals surface area contributed by atoms with Gasteiger partial charge >= 0.3 is 5.97 Å². The Morgan fingerprint density at radius 2 is 2.12 bits per heavy atom. The minimum Gasteiger partial charge on any atom is -0.481 e. The van der Waals surface area contributed by atoms with Crippen molar-refractivity contribution in [3.63, 3.8) is 0 Å². The van der Waals surface area contributed by atoms with Crippen LogP contribution in [0.5, 0.6) is 0 Å². The van der Waals surface area contributed by atoms with Gasteiger partial charge in [-0.2, -0.15) is 11.8 Å². The summed E-state index contributed by atoms with van der Waals surface area (Å²) in [6.45, 7) is 4.31. The quantitative estimate of drug-likeness (QED) is 0.872. The van der Waals surface area contributed by atoms with Crippen LogP contribution in [0.15, 0.2) is 30.3 Å². The fourth-order valence-electron chi connectivity index (χ4n) is 2.28. The Balaban J connectivity index is 2.19. The molecule has 2 nitrogen and oxygen atoms in total. The number of aliphatic carboxylic acids is 1. The number of benzene rings is 1. The first kappa shape index (κ1) is 12.5. The number of carboxylic acid groups (broad SMARTS) is 1. The van der Waals surface area contributed by atoms with E-state index in [-0.39, 0.29) is 11.3 Å². The monoisotopic (exact) mass is 250 g/mol. The first-order valence-electron chi connectivity index (χ1n) is 5.96. The van der Waals surface area contributed by atoms with E-state index in [1.54, 1.807) is 0 Å². The third-order valence-corrected chi connectivity index (χ3v) is 4.74. The summed E-state index contributed by atoms with van der Waals surface area (Å²) in [6.07, 6.45) is 0.784. The number of carbonyl (C=O) groups is 1. The smallest absolute Gasteiger partial charge is 0.307 e. The lowest BCUT2D eigenvalue weighted by atomic mass is 9.95. The molecule has 92 valence electrons. The maximum Gasteiger partial charge on any atom is 0.307 e. The van der Waals surface area contributed by atoms with Crippen molar-refractivity contribution in [1.82, 2.24) is 0 Å². The normalized spacial score (nSPS) is 27.1. The van der Waals surface area contributed by atoms with Gasteiger partial charge in [-0.05, 0) is 17.2 Å². The first-order chi connectivity index (χ1) is 8.06. The average molecular weight is 250 g/mol. The van der Waals surface area contributed by atoms with E-state index in [0.29, 0.717) is 5.25 Å². The fraction of sp³-hybridized carbons (Fsp3) is 0.500. The molecule has 3 heteroatoms. The van der Waals surface area contributed by atoms with Gasteiger partial charge in [0.25, 0.3) is 0 Å². The topological polar surface area (TPSA) is 37.3 Å². The second-order valence-electron chi connectivity index (χ2n) is 4.98. The number of hydrogen-bond acceptors (Lipinski definition) is 2. The summed E-state index contributed by atoms with van der Waals surface area (Å²) in [5.74, 6) is 0.0559. The molecule has 1 saturated carbocycles. The molecule has 17 heavy (non-hydrogen) atoms. The third kappa shape index (κ3) is 2.49. The molecule has 1 aliphatic carbocycles. The lowest BCUT2D eigenvalue weighted by Gasteiger charge is -2.18. The minimum atomic E-state index is -0.654. The standard InChI is InChI=1S/C14H18O2S/c1-10(2)17-9-14(8-12(14)13(15)16)11-6-4-3-5-7-11/h3-7,10,12H,8-9H2,1-2H3,(H,15,16). The lowest BCUT2D eigenvalue weighted by Crippen LogP contribution is -2.19. The Hall–Kier alpha value is -0.960. The van der Waals surface area contributed by atoms with Gasteiger partial charge in [0.2, 0.25) is 0 Å². The van der Waals surface area contributed by atoms with E-state index < -0.39 is 5.97 Å². The number of carboxylic acids is 1. The molecule has 2 atom stereocenters. The highest BCUT2D eigenvalue weighted by atomic mass is 32.2. The first-order valence-corrected chi connectivity index (χ1v) is 7.01. The van der Waals surface area contributed by atoms with Crippen LogP contribution in [0.25, 0.3) is 0 Å². The summed E-state index contributed by atoms with van der Waals surface area (Å²) in [6, 6.07) is 10.1. The lowest BCUT2D eigenvalue weighted by molar-refractivity contribution is -0.138. The molecule has 0 aliphatic heterocycles. The number of rotatable bonds is 5.